The number of carbonyl (C=O) groups excluding carboxylic acids is 2. The molecule has 0 heterocycles. The number of benzene rings is 1. The highest BCUT2D eigenvalue weighted by Crippen LogP contribution is 2.27. The highest BCUT2D eigenvalue weighted by Gasteiger charge is 2.32. The van der Waals surface area contributed by atoms with Gasteiger partial charge in [-0.3, -0.25) is 9.59 Å². The van der Waals surface area contributed by atoms with Crippen molar-refractivity contribution in [2.75, 3.05) is 7.11 Å². The van der Waals surface area contributed by atoms with Crippen molar-refractivity contribution in [3.05, 3.63) is 23.8 Å². The number of carbonyl (C=O) groups is 1. The van der Waals surface area contributed by atoms with Gasteiger partial charge in [-0.25, -0.2) is 0 Å². The van der Waals surface area contributed by atoms with E-state index < -0.39 is 23.9 Å². The van der Waals surface area contributed by atoms with Crippen LogP contribution in [0.4, 0.5) is 0 Å². The van der Waals surface area contributed by atoms with Gasteiger partial charge in [0.05, 0.1) is 19.3 Å². The van der Waals surface area contributed by atoms with Crippen LogP contribution in [0.5, 0.6) is 11.5 Å². The standard InChI is InChI=1S/C14H17O6/c1-3-10(16)14(19)9(7-15)13(18)8-4-5-11(17)12(6-8)20-2/h4-6,9-10,14,16-17,19H,3H2,1-2H3. The lowest BCUT2D eigenvalue weighted by Gasteiger charge is -2.20. The molecule has 0 aliphatic carbocycles. The van der Waals surface area contributed by atoms with Crippen LogP contribution in [0.25, 0.3) is 0 Å². The molecule has 0 saturated heterocycles. The fourth-order valence-corrected chi connectivity index (χ4v) is 1.75. The van der Waals surface area contributed by atoms with Gasteiger partial charge >= 0.3 is 0 Å². The van der Waals surface area contributed by atoms with E-state index in [-0.39, 0.29) is 23.5 Å². The molecule has 20 heavy (non-hydrogen) atoms. The Morgan fingerprint density at radius 2 is 2.05 bits per heavy atom. The summed E-state index contributed by atoms with van der Waals surface area (Å²) in [6.45, 7) is 1.61. The largest absolute Gasteiger partial charge is 0.504 e. The number of Topliss-reactive ketones (excluding diaryl/α,β-unsaturated/α-hetero) is 1. The molecule has 0 aliphatic heterocycles. The minimum atomic E-state index is -1.52. The van der Waals surface area contributed by atoms with Crippen molar-refractivity contribution in [3.63, 3.8) is 0 Å². The average Bonchev–Trinajstić information content (AvgIpc) is 2.47. The van der Waals surface area contributed by atoms with Gasteiger partial charge in [0.1, 0.15) is 5.92 Å². The SMILES string of the molecule is CCC(O)C(O)C([C]=O)C(=O)c1ccc(O)c(OC)c1. The fourth-order valence-electron chi connectivity index (χ4n) is 1.75. The molecule has 0 fully saturated rings. The first-order chi connectivity index (χ1) is 9.46. The average molecular weight is 281 g/mol. The summed E-state index contributed by atoms with van der Waals surface area (Å²) < 4.78 is 4.87. The van der Waals surface area contributed by atoms with E-state index in [0.717, 1.165) is 0 Å². The molecule has 6 nitrogen and oxygen atoms in total. The summed E-state index contributed by atoms with van der Waals surface area (Å²) in [6, 6.07) is 3.80. The van der Waals surface area contributed by atoms with Crippen LogP contribution >= 0.6 is 0 Å². The van der Waals surface area contributed by atoms with E-state index in [2.05, 4.69) is 0 Å². The van der Waals surface area contributed by atoms with Crippen LogP contribution in [0, 0.1) is 5.92 Å². The summed E-state index contributed by atoms with van der Waals surface area (Å²) in [7, 11) is 1.32. The molecular weight excluding hydrogens is 264 g/mol. The second-order valence-electron chi connectivity index (χ2n) is 4.31. The zero-order valence-electron chi connectivity index (χ0n) is 11.2. The van der Waals surface area contributed by atoms with Crippen molar-refractivity contribution in [2.24, 2.45) is 5.92 Å². The summed E-state index contributed by atoms with van der Waals surface area (Å²) in [5, 5.41) is 28.7. The van der Waals surface area contributed by atoms with Crippen molar-refractivity contribution < 1.29 is 29.6 Å². The van der Waals surface area contributed by atoms with E-state index in [1.54, 1.807) is 6.92 Å². The van der Waals surface area contributed by atoms with Crippen LogP contribution in [-0.4, -0.2) is 46.7 Å². The molecule has 1 aromatic carbocycles. The Kier molecular flexibility index (Phi) is 5.66. The number of phenolic OH excluding ortho intramolecular Hbond substituents is 1. The first kappa shape index (κ1) is 16.1. The molecule has 0 saturated carbocycles. The lowest BCUT2D eigenvalue weighted by atomic mass is 9.90. The maximum Gasteiger partial charge on any atom is 0.212 e. The molecule has 6 heteroatoms. The van der Waals surface area contributed by atoms with Gasteiger partial charge in [-0.2, -0.15) is 0 Å². The van der Waals surface area contributed by atoms with Crippen LogP contribution in [-0.2, 0) is 4.79 Å². The van der Waals surface area contributed by atoms with E-state index >= 15 is 0 Å². The molecule has 0 amide bonds. The molecule has 1 radical (unpaired) electrons. The number of methoxy groups -OCH3 is 1. The van der Waals surface area contributed by atoms with Gasteiger partial charge in [0.2, 0.25) is 6.29 Å². The minimum Gasteiger partial charge on any atom is -0.504 e. The number of aliphatic hydroxyl groups is 2. The molecule has 0 aliphatic rings. The molecular formula is C14H17O6. The number of phenols is 1. The van der Waals surface area contributed by atoms with Crippen LogP contribution in [0.2, 0.25) is 0 Å². The van der Waals surface area contributed by atoms with E-state index in [4.69, 9.17) is 4.74 Å². The zero-order valence-corrected chi connectivity index (χ0v) is 11.2. The third-order valence-electron chi connectivity index (χ3n) is 3.03. The van der Waals surface area contributed by atoms with Crippen molar-refractivity contribution >= 4 is 12.1 Å². The summed E-state index contributed by atoms with van der Waals surface area (Å²) in [5.74, 6) is -2.26. The fraction of sp³-hybridized carbons (Fsp3) is 0.429. The summed E-state index contributed by atoms with van der Waals surface area (Å²) in [4.78, 5) is 23.1. The Morgan fingerprint density at radius 3 is 2.55 bits per heavy atom. The van der Waals surface area contributed by atoms with Crippen LogP contribution < -0.4 is 4.74 Å². The molecule has 1 rings (SSSR count). The summed E-state index contributed by atoms with van der Waals surface area (Å²) in [6.07, 6.45) is -1.06. The molecule has 0 spiro atoms. The van der Waals surface area contributed by atoms with Crippen molar-refractivity contribution in [2.45, 2.75) is 25.6 Å². The normalized spacial score (nSPS) is 15.2. The van der Waals surface area contributed by atoms with E-state index in [9.17, 15) is 24.9 Å². The Labute approximate surface area is 116 Å². The molecule has 0 bridgehead atoms. The van der Waals surface area contributed by atoms with Crippen LogP contribution in [0.1, 0.15) is 23.7 Å². The summed E-state index contributed by atoms with van der Waals surface area (Å²) >= 11 is 0. The van der Waals surface area contributed by atoms with Crippen LogP contribution in [0.15, 0.2) is 18.2 Å². The number of aromatic hydroxyl groups is 1. The van der Waals surface area contributed by atoms with E-state index in [0.29, 0.717) is 0 Å². The smallest absolute Gasteiger partial charge is 0.212 e. The third-order valence-corrected chi connectivity index (χ3v) is 3.03. The molecule has 0 aromatic heterocycles. The quantitative estimate of drug-likeness (QED) is 0.495. The predicted octanol–water partition coefficient (Wildman–Crippen LogP) is 0.441. The van der Waals surface area contributed by atoms with E-state index in [1.807, 2.05) is 0 Å². The van der Waals surface area contributed by atoms with Gasteiger partial charge < -0.3 is 20.1 Å². The number of aliphatic hydroxyl groups excluding tert-OH is 2. The third kappa shape index (κ3) is 3.34. The number of ketones is 1. The zero-order chi connectivity index (χ0) is 15.3. The lowest BCUT2D eigenvalue weighted by Crippen LogP contribution is -2.38. The molecule has 109 valence electrons. The van der Waals surface area contributed by atoms with Gasteiger partial charge in [0, 0.05) is 5.56 Å². The van der Waals surface area contributed by atoms with Crippen molar-refractivity contribution in [1.82, 2.24) is 0 Å². The Hall–Kier alpha value is -1.92. The maximum absolute atomic E-state index is 12.1. The van der Waals surface area contributed by atoms with Crippen molar-refractivity contribution in [1.29, 1.82) is 0 Å². The van der Waals surface area contributed by atoms with Gasteiger partial charge in [-0.1, -0.05) is 6.92 Å². The second-order valence-corrected chi connectivity index (χ2v) is 4.31. The van der Waals surface area contributed by atoms with Crippen LogP contribution in [0.3, 0.4) is 0 Å². The predicted molar refractivity (Wildman–Crippen MR) is 70.5 cm³/mol. The van der Waals surface area contributed by atoms with E-state index in [1.165, 1.54) is 31.6 Å². The Balaban J connectivity index is 3.05. The summed E-state index contributed by atoms with van der Waals surface area (Å²) in [5.41, 5.74) is 0.0790. The number of rotatable bonds is 7. The lowest BCUT2D eigenvalue weighted by molar-refractivity contribution is 0.000309. The van der Waals surface area contributed by atoms with Gasteiger partial charge in [0.15, 0.2) is 17.3 Å². The topological polar surface area (TPSA) is 104 Å². The Morgan fingerprint density at radius 1 is 1.40 bits per heavy atom. The van der Waals surface area contributed by atoms with Gasteiger partial charge in [-0.05, 0) is 24.6 Å². The first-order valence-electron chi connectivity index (χ1n) is 6.11. The van der Waals surface area contributed by atoms with Crippen molar-refractivity contribution in [3.8, 4) is 11.5 Å². The number of hydrogen-bond acceptors (Lipinski definition) is 6. The second kappa shape index (κ2) is 7.02. The first-order valence-corrected chi connectivity index (χ1v) is 6.11. The minimum absolute atomic E-state index is 0.0750. The maximum atomic E-state index is 12.1. The molecule has 1 aromatic rings. The molecule has 3 N–H and O–H groups in total. The molecule has 3 unspecified atom stereocenters. The number of ether oxygens (including phenoxy) is 1. The monoisotopic (exact) mass is 281 g/mol. The Bertz CT molecular complexity index is 485. The molecule has 3 atom stereocenters. The van der Waals surface area contributed by atoms with Gasteiger partial charge in [-0.15, -0.1) is 0 Å². The highest BCUT2D eigenvalue weighted by molar-refractivity contribution is 6.06. The number of hydrogen-bond donors (Lipinski definition) is 3. The van der Waals surface area contributed by atoms with Gasteiger partial charge in [0.25, 0.3) is 0 Å². The highest BCUT2D eigenvalue weighted by atomic mass is 16.5.